The van der Waals surface area contributed by atoms with Crippen molar-refractivity contribution in [2.24, 2.45) is 0 Å². The molecule has 0 amide bonds. The third-order valence-electron chi connectivity index (χ3n) is 3.06. The van der Waals surface area contributed by atoms with Gasteiger partial charge in [-0.3, -0.25) is 4.79 Å². The normalized spacial score (nSPS) is 11.0. The van der Waals surface area contributed by atoms with Gasteiger partial charge in [0, 0.05) is 6.42 Å². The van der Waals surface area contributed by atoms with Gasteiger partial charge in [-0.25, -0.2) is 0 Å². The van der Waals surface area contributed by atoms with Crippen LogP contribution in [-0.2, 0) is 9.53 Å². The van der Waals surface area contributed by atoms with Crippen LogP contribution in [0.5, 0.6) is 0 Å². The van der Waals surface area contributed by atoms with Gasteiger partial charge in [0.15, 0.2) is 0 Å². The van der Waals surface area contributed by atoms with Crippen LogP contribution in [-0.4, -0.2) is 13.1 Å². The highest BCUT2D eigenvalue weighted by molar-refractivity contribution is 5.84. The lowest BCUT2D eigenvalue weighted by Crippen LogP contribution is -1.98. The molecule has 2 aromatic rings. The fraction of sp³-hybridized carbons (Fsp3) is 0.235. The summed E-state index contributed by atoms with van der Waals surface area (Å²) in [6.45, 7) is 0. The Balaban J connectivity index is 1.92. The van der Waals surface area contributed by atoms with Gasteiger partial charge in [-0.15, -0.1) is 0 Å². The van der Waals surface area contributed by atoms with Crippen LogP contribution in [0.25, 0.3) is 16.8 Å². The summed E-state index contributed by atoms with van der Waals surface area (Å²) in [5.74, 6) is -0.140. The molecule has 0 spiro atoms. The summed E-state index contributed by atoms with van der Waals surface area (Å²) >= 11 is 0. The molecule has 0 unspecified atom stereocenters. The maximum Gasteiger partial charge on any atom is 0.305 e. The standard InChI is InChI=1S/C17H18O2/c1-19-17(18)10-4-2-3-7-14-11-12-15-8-5-6-9-16(15)13-14/h3,5-9,11-13H,2,4,10H2,1H3/b7-3+. The van der Waals surface area contributed by atoms with Crippen LogP contribution in [0.3, 0.4) is 0 Å². The Labute approximate surface area is 113 Å². The summed E-state index contributed by atoms with van der Waals surface area (Å²) in [6.07, 6.45) is 6.41. The number of rotatable bonds is 5. The minimum atomic E-state index is -0.140. The number of fused-ring (bicyclic) bond motifs is 1. The minimum absolute atomic E-state index is 0.140. The largest absolute Gasteiger partial charge is 0.469 e. The number of methoxy groups -OCH3 is 1. The van der Waals surface area contributed by atoms with Crippen LogP contribution in [0.4, 0.5) is 0 Å². The monoisotopic (exact) mass is 254 g/mol. The van der Waals surface area contributed by atoms with Gasteiger partial charge >= 0.3 is 5.97 Å². The lowest BCUT2D eigenvalue weighted by molar-refractivity contribution is -0.140. The number of hydrogen-bond acceptors (Lipinski definition) is 2. The highest BCUT2D eigenvalue weighted by Gasteiger charge is 1.97. The zero-order chi connectivity index (χ0) is 13.5. The second kappa shape index (κ2) is 6.74. The predicted molar refractivity (Wildman–Crippen MR) is 78.8 cm³/mol. The van der Waals surface area contributed by atoms with Crippen molar-refractivity contribution in [1.29, 1.82) is 0 Å². The number of carbonyl (C=O) groups is 1. The molecule has 2 aromatic carbocycles. The van der Waals surface area contributed by atoms with E-state index in [4.69, 9.17) is 0 Å². The smallest absolute Gasteiger partial charge is 0.305 e. The molecule has 98 valence electrons. The summed E-state index contributed by atoms with van der Waals surface area (Å²) < 4.78 is 4.60. The molecule has 19 heavy (non-hydrogen) atoms. The summed E-state index contributed by atoms with van der Waals surface area (Å²) in [4.78, 5) is 10.9. The third-order valence-corrected chi connectivity index (χ3v) is 3.06. The molecular formula is C17H18O2. The van der Waals surface area contributed by atoms with Gasteiger partial charge in [0.05, 0.1) is 7.11 Å². The first-order valence-electron chi connectivity index (χ1n) is 6.52. The van der Waals surface area contributed by atoms with E-state index in [2.05, 4.69) is 47.2 Å². The first kappa shape index (κ1) is 13.3. The maximum atomic E-state index is 10.9. The molecule has 0 N–H and O–H groups in total. The lowest BCUT2D eigenvalue weighted by Gasteiger charge is -1.99. The topological polar surface area (TPSA) is 26.3 Å². The van der Waals surface area contributed by atoms with Gasteiger partial charge < -0.3 is 4.74 Å². The number of allylic oxidation sites excluding steroid dienone is 1. The van der Waals surface area contributed by atoms with Gasteiger partial charge in [0.2, 0.25) is 0 Å². The van der Waals surface area contributed by atoms with E-state index in [-0.39, 0.29) is 5.97 Å². The Hall–Kier alpha value is -2.09. The van der Waals surface area contributed by atoms with E-state index in [1.807, 2.05) is 12.1 Å². The summed E-state index contributed by atoms with van der Waals surface area (Å²) in [5.41, 5.74) is 1.19. The number of ether oxygens (including phenoxy) is 1. The van der Waals surface area contributed by atoms with Gasteiger partial charge in [-0.2, -0.15) is 0 Å². The Kier molecular flexibility index (Phi) is 4.73. The number of unbranched alkanes of at least 4 members (excludes halogenated alkanes) is 1. The van der Waals surface area contributed by atoms with Crippen LogP contribution >= 0.6 is 0 Å². The van der Waals surface area contributed by atoms with Gasteiger partial charge in [0.25, 0.3) is 0 Å². The first-order valence-corrected chi connectivity index (χ1v) is 6.52. The molecule has 0 saturated carbocycles. The van der Waals surface area contributed by atoms with Crippen molar-refractivity contribution in [2.45, 2.75) is 19.3 Å². The van der Waals surface area contributed by atoms with Gasteiger partial charge in [0.1, 0.15) is 0 Å². The number of benzene rings is 2. The molecular weight excluding hydrogens is 236 g/mol. The molecule has 0 aliphatic heterocycles. The zero-order valence-electron chi connectivity index (χ0n) is 11.1. The third kappa shape index (κ3) is 3.95. The molecule has 0 saturated heterocycles. The van der Waals surface area contributed by atoms with Crippen molar-refractivity contribution < 1.29 is 9.53 Å². The molecule has 0 atom stereocenters. The van der Waals surface area contributed by atoms with Crippen LogP contribution in [0.15, 0.2) is 48.5 Å². The van der Waals surface area contributed by atoms with Crippen molar-refractivity contribution in [2.75, 3.05) is 7.11 Å². The first-order chi connectivity index (χ1) is 9.29. The summed E-state index contributed by atoms with van der Waals surface area (Å²) in [5, 5.41) is 2.50. The summed E-state index contributed by atoms with van der Waals surface area (Å²) in [7, 11) is 1.42. The van der Waals surface area contributed by atoms with Crippen LogP contribution in [0.2, 0.25) is 0 Å². The van der Waals surface area contributed by atoms with Crippen molar-refractivity contribution in [3.8, 4) is 0 Å². The minimum Gasteiger partial charge on any atom is -0.469 e. The predicted octanol–water partition coefficient (Wildman–Crippen LogP) is 4.20. The fourth-order valence-corrected chi connectivity index (χ4v) is 2.00. The molecule has 0 fully saturated rings. The second-order valence-electron chi connectivity index (χ2n) is 4.48. The van der Waals surface area contributed by atoms with Gasteiger partial charge in [-0.1, -0.05) is 48.6 Å². The van der Waals surface area contributed by atoms with Crippen LogP contribution < -0.4 is 0 Å². The summed E-state index contributed by atoms with van der Waals surface area (Å²) in [6, 6.07) is 14.7. The molecule has 2 rings (SSSR count). The van der Waals surface area contributed by atoms with E-state index in [1.165, 1.54) is 23.4 Å². The lowest BCUT2D eigenvalue weighted by atomic mass is 10.1. The van der Waals surface area contributed by atoms with E-state index < -0.39 is 0 Å². The quantitative estimate of drug-likeness (QED) is 0.590. The van der Waals surface area contributed by atoms with Crippen molar-refractivity contribution in [1.82, 2.24) is 0 Å². The molecule has 0 bridgehead atoms. The van der Waals surface area contributed by atoms with E-state index in [9.17, 15) is 4.79 Å². The Morgan fingerprint density at radius 1 is 1.16 bits per heavy atom. The van der Waals surface area contributed by atoms with E-state index in [0.717, 1.165) is 12.8 Å². The SMILES string of the molecule is COC(=O)CCC/C=C/c1ccc2ccccc2c1. The average Bonchev–Trinajstić information content (AvgIpc) is 2.46. The molecule has 0 radical (unpaired) electrons. The van der Waals surface area contributed by atoms with Gasteiger partial charge in [-0.05, 0) is 35.2 Å². The zero-order valence-corrected chi connectivity index (χ0v) is 11.1. The molecule has 0 heterocycles. The Morgan fingerprint density at radius 2 is 1.95 bits per heavy atom. The number of esters is 1. The molecule has 0 aliphatic rings. The van der Waals surface area contributed by atoms with Crippen molar-refractivity contribution in [3.63, 3.8) is 0 Å². The maximum absolute atomic E-state index is 10.9. The molecule has 2 heteroatoms. The number of carbonyl (C=O) groups excluding carboxylic acids is 1. The van der Waals surface area contributed by atoms with Crippen LogP contribution in [0, 0.1) is 0 Å². The highest BCUT2D eigenvalue weighted by Crippen LogP contribution is 2.16. The molecule has 2 nitrogen and oxygen atoms in total. The van der Waals surface area contributed by atoms with Crippen molar-refractivity contribution >= 4 is 22.8 Å². The van der Waals surface area contributed by atoms with E-state index in [1.54, 1.807) is 0 Å². The average molecular weight is 254 g/mol. The Bertz CT molecular complexity index is 585. The van der Waals surface area contributed by atoms with Crippen molar-refractivity contribution in [3.05, 3.63) is 54.1 Å². The Morgan fingerprint density at radius 3 is 2.74 bits per heavy atom. The van der Waals surface area contributed by atoms with E-state index >= 15 is 0 Å². The van der Waals surface area contributed by atoms with E-state index in [0.29, 0.717) is 6.42 Å². The molecule has 0 aliphatic carbocycles. The van der Waals surface area contributed by atoms with Crippen LogP contribution in [0.1, 0.15) is 24.8 Å². The highest BCUT2D eigenvalue weighted by atomic mass is 16.5. The number of hydrogen-bond donors (Lipinski definition) is 0. The second-order valence-corrected chi connectivity index (χ2v) is 4.48. The fourth-order valence-electron chi connectivity index (χ4n) is 2.00. The molecule has 0 aromatic heterocycles.